The number of pyridine rings is 1. The van der Waals surface area contributed by atoms with Gasteiger partial charge in [0.2, 0.25) is 11.8 Å². The zero-order valence-corrected chi connectivity index (χ0v) is 19.3. The summed E-state index contributed by atoms with van der Waals surface area (Å²) in [4.78, 5) is 28.0. The van der Waals surface area contributed by atoms with E-state index in [2.05, 4.69) is 25.2 Å². The Morgan fingerprint density at radius 2 is 1.79 bits per heavy atom. The maximum atomic E-state index is 11.3. The molecule has 2 N–H and O–H groups in total. The highest BCUT2D eigenvalue weighted by Gasteiger charge is 2.15. The van der Waals surface area contributed by atoms with Crippen molar-refractivity contribution in [2.45, 2.75) is 6.54 Å². The van der Waals surface area contributed by atoms with E-state index < -0.39 is 6.09 Å². The van der Waals surface area contributed by atoms with Gasteiger partial charge in [-0.25, -0.2) is 19.7 Å². The van der Waals surface area contributed by atoms with Gasteiger partial charge in [0.25, 0.3) is 0 Å². The average molecular weight is 489 g/mol. The molecule has 3 aromatic rings. The smallest absolute Gasteiger partial charge is 0.407 e. The minimum absolute atomic E-state index is 0.147. The van der Waals surface area contributed by atoms with Crippen LogP contribution in [0.2, 0.25) is 10.0 Å². The second-order valence-electron chi connectivity index (χ2n) is 7.55. The molecule has 0 unspecified atom stereocenters. The lowest BCUT2D eigenvalue weighted by molar-refractivity contribution is 0.153. The summed E-state index contributed by atoms with van der Waals surface area (Å²) in [5.74, 6) is 1.33. The number of benzene rings is 1. The van der Waals surface area contributed by atoms with E-state index in [9.17, 15) is 9.90 Å². The van der Waals surface area contributed by atoms with Crippen molar-refractivity contribution in [3.63, 3.8) is 0 Å². The van der Waals surface area contributed by atoms with Crippen molar-refractivity contribution in [2.75, 3.05) is 38.1 Å². The highest BCUT2D eigenvalue weighted by atomic mass is 35.5. The van der Waals surface area contributed by atoms with Crippen LogP contribution in [0.4, 0.5) is 10.7 Å². The zero-order valence-electron chi connectivity index (χ0n) is 17.8. The van der Waals surface area contributed by atoms with E-state index >= 15 is 0 Å². The molecule has 0 spiro atoms. The SMILES string of the molecule is CN(Cc1cc(Oc2cnc(N3CCNCC3)nc2)nc(-c2cc(Cl)cc(Cl)c2)c1)C(=O)O. The number of rotatable bonds is 6. The van der Waals surface area contributed by atoms with E-state index in [4.69, 9.17) is 27.9 Å². The summed E-state index contributed by atoms with van der Waals surface area (Å²) in [6.07, 6.45) is 2.15. The summed E-state index contributed by atoms with van der Waals surface area (Å²) < 4.78 is 5.93. The third-order valence-corrected chi connectivity index (χ3v) is 5.44. The third kappa shape index (κ3) is 6.01. The molecule has 0 bridgehead atoms. The Bertz CT molecular complexity index is 1120. The Labute approximate surface area is 200 Å². The Kier molecular flexibility index (Phi) is 7.12. The molecule has 0 aliphatic carbocycles. The molecular formula is C22H22Cl2N6O3. The van der Waals surface area contributed by atoms with Gasteiger partial charge in [-0.15, -0.1) is 0 Å². The van der Waals surface area contributed by atoms with Crippen LogP contribution in [0.5, 0.6) is 11.6 Å². The van der Waals surface area contributed by atoms with Gasteiger partial charge < -0.3 is 25.0 Å². The molecule has 0 saturated carbocycles. The normalized spacial score (nSPS) is 13.6. The van der Waals surface area contributed by atoms with Crippen LogP contribution in [-0.4, -0.2) is 64.3 Å². The van der Waals surface area contributed by atoms with Gasteiger partial charge in [-0.05, 0) is 29.8 Å². The lowest BCUT2D eigenvalue weighted by atomic mass is 10.1. The molecule has 2 aromatic heterocycles. The maximum absolute atomic E-state index is 11.3. The first-order valence-corrected chi connectivity index (χ1v) is 11.0. The van der Waals surface area contributed by atoms with Gasteiger partial charge in [-0.2, -0.15) is 0 Å². The van der Waals surface area contributed by atoms with Crippen LogP contribution in [0.1, 0.15) is 5.56 Å². The largest absolute Gasteiger partial charge is 0.465 e. The Morgan fingerprint density at radius 1 is 1.12 bits per heavy atom. The lowest BCUT2D eigenvalue weighted by Gasteiger charge is -2.27. The van der Waals surface area contributed by atoms with Crippen molar-refractivity contribution >= 4 is 35.2 Å². The van der Waals surface area contributed by atoms with Crippen molar-refractivity contribution in [3.05, 3.63) is 58.3 Å². The van der Waals surface area contributed by atoms with Gasteiger partial charge in [0.05, 0.1) is 18.1 Å². The first-order chi connectivity index (χ1) is 15.9. The summed E-state index contributed by atoms with van der Waals surface area (Å²) in [6, 6.07) is 8.55. The molecule has 1 saturated heterocycles. The topological polar surface area (TPSA) is 104 Å². The maximum Gasteiger partial charge on any atom is 0.407 e. The van der Waals surface area contributed by atoms with E-state index in [1.165, 1.54) is 11.9 Å². The Balaban J connectivity index is 1.62. The van der Waals surface area contributed by atoms with Crippen LogP contribution in [0, 0.1) is 0 Å². The van der Waals surface area contributed by atoms with Gasteiger partial charge in [0.1, 0.15) is 0 Å². The van der Waals surface area contributed by atoms with Crippen molar-refractivity contribution in [1.82, 2.24) is 25.2 Å². The Hall–Kier alpha value is -3.14. The van der Waals surface area contributed by atoms with Crippen molar-refractivity contribution in [3.8, 4) is 22.9 Å². The molecule has 9 nitrogen and oxygen atoms in total. The van der Waals surface area contributed by atoms with Crippen LogP contribution < -0.4 is 15.0 Å². The molecule has 0 atom stereocenters. The van der Waals surface area contributed by atoms with Gasteiger partial charge in [-0.3, -0.25) is 0 Å². The van der Waals surface area contributed by atoms with E-state index in [1.54, 1.807) is 42.7 Å². The molecule has 172 valence electrons. The fourth-order valence-corrected chi connectivity index (χ4v) is 3.93. The first-order valence-electron chi connectivity index (χ1n) is 10.2. The monoisotopic (exact) mass is 488 g/mol. The first kappa shape index (κ1) is 23.0. The number of aromatic nitrogens is 3. The third-order valence-electron chi connectivity index (χ3n) is 5.00. The Morgan fingerprint density at radius 3 is 2.42 bits per heavy atom. The van der Waals surface area contributed by atoms with Crippen LogP contribution in [0.25, 0.3) is 11.3 Å². The summed E-state index contributed by atoms with van der Waals surface area (Å²) in [5.41, 5.74) is 1.92. The highest BCUT2D eigenvalue weighted by Crippen LogP contribution is 2.30. The molecule has 1 aromatic carbocycles. The summed E-state index contributed by atoms with van der Waals surface area (Å²) in [5, 5.41) is 13.5. The van der Waals surface area contributed by atoms with Crippen LogP contribution in [-0.2, 0) is 6.54 Å². The molecule has 4 rings (SSSR count). The molecule has 1 aliphatic heterocycles. The van der Waals surface area contributed by atoms with Gasteiger partial charge in [0.15, 0.2) is 5.75 Å². The average Bonchev–Trinajstić information content (AvgIpc) is 2.79. The second kappa shape index (κ2) is 10.2. The molecular weight excluding hydrogens is 467 g/mol. The molecule has 1 fully saturated rings. The van der Waals surface area contributed by atoms with Gasteiger partial charge in [0, 0.05) is 61.4 Å². The predicted molar refractivity (Wildman–Crippen MR) is 126 cm³/mol. The number of carbonyl (C=O) groups is 1. The predicted octanol–water partition coefficient (Wildman–Crippen LogP) is 4.16. The van der Waals surface area contributed by atoms with Crippen LogP contribution >= 0.6 is 23.2 Å². The van der Waals surface area contributed by atoms with Crippen molar-refractivity contribution < 1.29 is 14.6 Å². The number of ether oxygens (including phenoxy) is 1. The highest BCUT2D eigenvalue weighted by molar-refractivity contribution is 6.35. The fraction of sp³-hybridized carbons (Fsp3) is 0.273. The molecule has 1 amide bonds. The second-order valence-corrected chi connectivity index (χ2v) is 8.43. The fourth-order valence-electron chi connectivity index (χ4n) is 3.40. The van der Waals surface area contributed by atoms with Gasteiger partial charge in [-0.1, -0.05) is 23.2 Å². The van der Waals surface area contributed by atoms with Crippen molar-refractivity contribution in [2.24, 2.45) is 0 Å². The summed E-state index contributed by atoms with van der Waals surface area (Å²) in [7, 11) is 1.49. The quantitative estimate of drug-likeness (QED) is 0.532. The number of anilines is 1. The van der Waals surface area contributed by atoms with E-state index in [1.807, 2.05) is 0 Å². The molecule has 11 heteroatoms. The van der Waals surface area contributed by atoms with E-state index in [-0.39, 0.29) is 12.4 Å². The summed E-state index contributed by atoms with van der Waals surface area (Å²) >= 11 is 12.3. The van der Waals surface area contributed by atoms with Crippen molar-refractivity contribution in [1.29, 1.82) is 0 Å². The lowest BCUT2D eigenvalue weighted by Crippen LogP contribution is -2.44. The number of amides is 1. The number of piperazine rings is 1. The summed E-state index contributed by atoms with van der Waals surface area (Å²) in [6.45, 7) is 3.60. The molecule has 33 heavy (non-hydrogen) atoms. The van der Waals surface area contributed by atoms with E-state index in [0.29, 0.717) is 38.6 Å². The number of hydrogen-bond acceptors (Lipinski definition) is 7. The number of nitrogens with zero attached hydrogens (tertiary/aromatic N) is 5. The number of hydrogen-bond donors (Lipinski definition) is 2. The standard InChI is InChI=1S/C22H22Cl2N6O3/c1-29(22(31)32)13-14-6-19(15-8-16(23)10-17(24)9-15)28-20(7-14)33-18-11-26-21(27-12-18)30-4-2-25-3-5-30/h6-12,25H,2-5,13H2,1H3,(H,31,32). The minimum atomic E-state index is -1.04. The zero-order chi connectivity index (χ0) is 23.4. The van der Waals surface area contributed by atoms with Crippen LogP contribution in [0.3, 0.4) is 0 Å². The molecule has 3 heterocycles. The molecule has 0 radical (unpaired) electrons. The van der Waals surface area contributed by atoms with Crippen LogP contribution in [0.15, 0.2) is 42.7 Å². The number of nitrogens with one attached hydrogen (secondary N) is 1. The van der Waals surface area contributed by atoms with E-state index in [0.717, 1.165) is 26.2 Å². The number of carboxylic acid groups (broad SMARTS) is 1. The van der Waals surface area contributed by atoms with Gasteiger partial charge >= 0.3 is 6.09 Å². The number of halogens is 2. The molecule has 1 aliphatic rings. The minimum Gasteiger partial charge on any atom is -0.465 e.